The number of ether oxygens (including phenoxy) is 1. The molecule has 8 heteroatoms. The van der Waals surface area contributed by atoms with Crippen LogP contribution >= 0.6 is 0 Å². The molecule has 1 rings (SSSR count). The number of methoxy groups -OCH3 is 1. The van der Waals surface area contributed by atoms with Crippen molar-refractivity contribution >= 4 is 5.69 Å². The summed E-state index contributed by atoms with van der Waals surface area (Å²) in [6.45, 7) is -0.638. The zero-order valence-corrected chi connectivity index (χ0v) is 8.18. The van der Waals surface area contributed by atoms with Gasteiger partial charge in [-0.1, -0.05) is 0 Å². The molecule has 0 spiro atoms. The van der Waals surface area contributed by atoms with Crippen LogP contribution in [-0.4, -0.2) is 22.1 Å². The number of aliphatic hydroxyl groups excluding tert-OH is 1. The fourth-order valence-corrected chi connectivity index (χ4v) is 1.24. The van der Waals surface area contributed by atoms with Crippen LogP contribution in [0, 0.1) is 10.1 Å². The Morgan fingerprint density at radius 2 is 2.31 bits per heavy atom. The topological polar surface area (TPSA) is 85.5 Å². The van der Waals surface area contributed by atoms with Crippen molar-refractivity contribution < 1.29 is 23.5 Å². The Bertz CT molecular complexity index is 411. The monoisotopic (exact) mass is 234 g/mol. The van der Waals surface area contributed by atoms with Crippen molar-refractivity contribution in [3.8, 4) is 5.75 Å². The fraction of sp³-hybridized carbons (Fsp3) is 0.375. The van der Waals surface area contributed by atoms with E-state index in [1.54, 1.807) is 0 Å². The van der Waals surface area contributed by atoms with Gasteiger partial charge in [0.15, 0.2) is 5.75 Å². The van der Waals surface area contributed by atoms with Crippen LogP contribution in [0.25, 0.3) is 0 Å². The molecule has 0 aliphatic rings. The minimum Gasteiger partial charge on any atom is -0.494 e. The van der Waals surface area contributed by atoms with Gasteiger partial charge in [0.05, 0.1) is 18.6 Å². The first kappa shape index (κ1) is 12.2. The van der Waals surface area contributed by atoms with Crippen LogP contribution < -0.4 is 4.74 Å². The highest BCUT2D eigenvalue weighted by Crippen LogP contribution is 2.37. The summed E-state index contributed by atoms with van der Waals surface area (Å²) in [7, 11) is 1.08. The van der Waals surface area contributed by atoms with Crippen molar-refractivity contribution in [1.82, 2.24) is 4.98 Å². The standard InChI is InChI=1S/C8H8F2N2O4/c1-16-7-4(3-13)11-2-5(12(14)15)6(7)8(9)10/h2,8,13H,3H2,1H3. The number of nitrogens with zero attached hydrogens (tertiary/aromatic N) is 2. The van der Waals surface area contributed by atoms with Gasteiger partial charge < -0.3 is 9.84 Å². The van der Waals surface area contributed by atoms with Gasteiger partial charge in [0.2, 0.25) is 0 Å². The molecule has 1 N–H and O–H groups in total. The zero-order valence-electron chi connectivity index (χ0n) is 8.18. The summed E-state index contributed by atoms with van der Waals surface area (Å²) in [6.07, 6.45) is -2.40. The van der Waals surface area contributed by atoms with Crippen LogP contribution in [0.1, 0.15) is 17.7 Å². The van der Waals surface area contributed by atoms with Crippen LogP contribution in [0.4, 0.5) is 14.5 Å². The molecule has 1 aromatic rings. The summed E-state index contributed by atoms with van der Waals surface area (Å²) in [5.41, 5.74) is -1.86. The number of rotatable bonds is 4. The Labute approximate surface area is 88.6 Å². The van der Waals surface area contributed by atoms with Crippen LogP contribution in [0.5, 0.6) is 5.75 Å². The van der Waals surface area contributed by atoms with E-state index in [9.17, 15) is 18.9 Å². The number of halogens is 2. The average Bonchev–Trinajstić information content (AvgIpc) is 2.26. The maximum atomic E-state index is 12.7. The molecule has 0 aromatic carbocycles. The summed E-state index contributed by atoms with van der Waals surface area (Å²) in [4.78, 5) is 13.0. The van der Waals surface area contributed by atoms with E-state index in [4.69, 9.17) is 5.11 Å². The lowest BCUT2D eigenvalue weighted by Gasteiger charge is -2.10. The number of hydrogen-bond donors (Lipinski definition) is 1. The first-order valence-corrected chi connectivity index (χ1v) is 4.12. The highest BCUT2D eigenvalue weighted by molar-refractivity contribution is 5.50. The second-order valence-corrected chi connectivity index (χ2v) is 2.75. The Balaban J connectivity index is 3.50. The third kappa shape index (κ3) is 2.06. The van der Waals surface area contributed by atoms with Gasteiger partial charge in [0.25, 0.3) is 12.1 Å². The minimum atomic E-state index is -3.08. The molecule has 0 fully saturated rings. The highest BCUT2D eigenvalue weighted by Gasteiger charge is 2.29. The predicted molar refractivity (Wildman–Crippen MR) is 48.3 cm³/mol. The molecule has 1 heterocycles. The molecule has 0 saturated carbocycles. The molecule has 1 aromatic heterocycles. The van der Waals surface area contributed by atoms with Crippen molar-refractivity contribution in [3.63, 3.8) is 0 Å². The number of hydrogen-bond acceptors (Lipinski definition) is 5. The van der Waals surface area contributed by atoms with E-state index in [1.165, 1.54) is 0 Å². The molecule has 0 amide bonds. The van der Waals surface area contributed by atoms with Gasteiger partial charge >= 0.3 is 0 Å². The quantitative estimate of drug-likeness (QED) is 0.629. The van der Waals surface area contributed by atoms with Crippen molar-refractivity contribution in [2.75, 3.05) is 7.11 Å². The molecule has 0 radical (unpaired) electrons. The molecule has 0 saturated heterocycles. The Hall–Kier alpha value is -1.83. The summed E-state index contributed by atoms with van der Waals surface area (Å²) in [5.74, 6) is -0.452. The maximum Gasteiger partial charge on any atom is 0.300 e. The van der Waals surface area contributed by atoms with E-state index in [-0.39, 0.29) is 5.69 Å². The zero-order chi connectivity index (χ0) is 12.3. The molecule has 0 bridgehead atoms. The Kier molecular flexibility index (Phi) is 3.67. The second kappa shape index (κ2) is 4.79. The van der Waals surface area contributed by atoms with Gasteiger partial charge in [0.1, 0.15) is 17.5 Å². The van der Waals surface area contributed by atoms with Crippen LogP contribution in [0.2, 0.25) is 0 Å². The van der Waals surface area contributed by atoms with E-state index in [1.807, 2.05) is 0 Å². The van der Waals surface area contributed by atoms with E-state index in [0.717, 1.165) is 7.11 Å². The molecule has 88 valence electrons. The summed E-state index contributed by atoms with van der Waals surface area (Å²) < 4.78 is 29.9. The average molecular weight is 234 g/mol. The summed E-state index contributed by atoms with van der Waals surface area (Å²) in [5, 5.41) is 19.3. The largest absolute Gasteiger partial charge is 0.494 e. The van der Waals surface area contributed by atoms with Crippen molar-refractivity contribution in [3.05, 3.63) is 27.6 Å². The first-order chi connectivity index (χ1) is 7.52. The first-order valence-electron chi connectivity index (χ1n) is 4.12. The van der Waals surface area contributed by atoms with Gasteiger partial charge in [-0.2, -0.15) is 0 Å². The molecular weight excluding hydrogens is 226 g/mol. The molecule has 0 aliphatic carbocycles. The number of pyridine rings is 1. The van der Waals surface area contributed by atoms with Gasteiger partial charge in [-0.25, -0.2) is 13.8 Å². The Morgan fingerprint density at radius 3 is 2.69 bits per heavy atom. The van der Waals surface area contributed by atoms with Gasteiger partial charge in [-0.3, -0.25) is 10.1 Å². The van der Waals surface area contributed by atoms with Gasteiger partial charge in [-0.15, -0.1) is 0 Å². The summed E-state index contributed by atoms with van der Waals surface area (Å²) in [6, 6.07) is 0. The normalized spacial score (nSPS) is 10.6. The van der Waals surface area contributed by atoms with E-state index >= 15 is 0 Å². The van der Waals surface area contributed by atoms with Crippen LogP contribution in [-0.2, 0) is 6.61 Å². The second-order valence-electron chi connectivity index (χ2n) is 2.75. The number of aromatic nitrogens is 1. The van der Waals surface area contributed by atoms with Crippen LogP contribution in [0.3, 0.4) is 0 Å². The van der Waals surface area contributed by atoms with Crippen LogP contribution in [0.15, 0.2) is 6.20 Å². The molecule has 0 aliphatic heterocycles. The van der Waals surface area contributed by atoms with E-state index in [2.05, 4.69) is 9.72 Å². The Morgan fingerprint density at radius 1 is 1.69 bits per heavy atom. The van der Waals surface area contributed by atoms with Gasteiger partial charge in [0, 0.05) is 0 Å². The van der Waals surface area contributed by atoms with E-state index in [0.29, 0.717) is 6.20 Å². The molecule has 16 heavy (non-hydrogen) atoms. The third-order valence-corrected chi connectivity index (χ3v) is 1.89. The lowest BCUT2D eigenvalue weighted by atomic mass is 10.1. The number of aliphatic hydroxyl groups is 1. The molecule has 6 nitrogen and oxygen atoms in total. The number of nitro groups is 1. The number of alkyl halides is 2. The molecule has 0 unspecified atom stereocenters. The minimum absolute atomic E-state index is 0.164. The molecular formula is C8H8F2N2O4. The third-order valence-electron chi connectivity index (χ3n) is 1.89. The van der Waals surface area contributed by atoms with Crippen molar-refractivity contribution in [2.45, 2.75) is 13.0 Å². The van der Waals surface area contributed by atoms with Gasteiger partial charge in [-0.05, 0) is 0 Å². The fourth-order valence-electron chi connectivity index (χ4n) is 1.24. The summed E-state index contributed by atoms with van der Waals surface area (Å²) >= 11 is 0. The lowest BCUT2D eigenvalue weighted by Crippen LogP contribution is -2.05. The highest BCUT2D eigenvalue weighted by atomic mass is 19.3. The SMILES string of the molecule is COc1c(CO)ncc([N+](=O)[O-])c1C(F)F. The molecule has 0 atom stereocenters. The predicted octanol–water partition coefficient (Wildman–Crippen LogP) is 1.43. The smallest absolute Gasteiger partial charge is 0.300 e. The van der Waals surface area contributed by atoms with E-state index < -0.39 is 35.0 Å². The van der Waals surface area contributed by atoms with Crippen molar-refractivity contribution in [2.24, 2.45) is 0 Å². The maximum absolute atomic E-state index is 12.7. The lowest BCUT2D eigenvalue weighted by molar-refractivity contribution is -0.386. The van der Waals surface area contributed by atoms with Crippen molar-refractivity contribution in [1.29, 1.82) is 0 Å².